The third-order valence-electron chi connectivity index (χ3n) is 2.79. The van der Waals surface area contributed by atoms with E-state index in [1.165, 1.54) is 6.26 Å². The van der Waals surface area contributed by atoms with Gasteiger partial charge in [0.05, 0.1) is 11.1 Å². The van der Waals surface area contributed by atoms with Crippen LogP contribution in [0.15, 0.2) is 6.07 Å². The van der Waals surface area contributed by atoms with Crippen LogP contribution >= 0.6 is 11.3 Å². The first-order chi connectivity index (χ1) is 9.78. The molecule has 1 unspecified atom stereocenters. The summed E-state index contributed by atoms with van der Waals surface area (Å²) in [6, 6.07) is 1.80. The Hall–Kier alpha value is -1.41. The summed E-state index contributed by atoms with van der Waals surface area (Å²) in [5.41, 5.74) is 0. The molecule has 0 aliphatic carbocycles. The number of nitrogens with zero attached hydrogens (tertiary/aromatic N) is 2. The molecule has 116 valence electrons. The highest BCUT2D eigenvalue weighted by Crippen LogP contribution is 2.29. The maximum absolute atomic E-state index is 11.4. The quantitative estimate of drug-likeness (QED) is 0.846. The van der Waals surface area contributed by atoms with Crippen LogP contribution in [0.25, 0.3) is 10.2 Å². The number of sulfone groups is 1. The van der Waals surface area contributed by atoms with Crippen LogP contribution in [0.5, 0.6) is 0 Å². The molecule has 0 amide bonds. The fourth-order valence-electron chi connectivity index (χ4n) is 2.12. The van der Waals surface area contributed by atoms with Crippen molar-refractivity contribution >= 4 is 43.2 Å². The predicted octanol–water partition coefficient (Wildman–Crippen LogP) is 2.28. The summed E-state index contributed by atoms with van der Waals surface area (Å²) >= 11 is 1.60. The fourth-order valence-corrected chi connectivity index (χ4v) is 3.99. The minimum Gasteiger partial charge on any atom is -0.366 e. The number of aryl methyl sites for hydroxylation is 1. The number of thiophene rings is 1. The van der Waals surface area contributed by atoms with Gasteiger partial charge in [-0.25, -0.2) is 13.4 Å². The van der Waals surface area contributed by atoms with Gasteiger partial charge in [0, 0.05) is 23.7 Å². The number of aromatic nitrogens is 2. The van der Waals surface area contributed by atoms with Gasteiger partial charge in [0.15, 0.2) is 0 Å². The highest BCUT2D eigenvalue weighted by atomic mass is 32.2. The SMILES string of the molecule is CCNc1nc(NC(C)CS(C)(=O)=O)c2cc(C)sc2n1. The minimum atomic E-state index is -3.03. The van der Waals surface area contributed by atoms with Crippen molar-refractivity contribution in [1.29, 1.82) is 0 Å². The van der Waals surface area contributed by atoms with Gasteiger partial charge in [0.25, 0.3) is 0 Å². The van der Waals surface area contributed by atoms with E-state index in [4.69, 9.17) is 0 Å². The Balaban J connectivity index is 2.36. The number of fused-ring (bicyclic) bond motifs is 1. The normalized spacial score (nSPS) is 13.3. The first kappa shape index (κ1) is 16.0. The number of hydrogen-bond donors (Lipinski definition) is 2. The highest BCUT2D eigenvalue weighted by Gasteiger charge is 2.15. The van der Waals surface area contributed by atoms with Gasteiger partial charge < -0.3 is 10.6 Å². The lowest BCUT2D eigenvalue weighted by Gasteiger charge is -2.15. The van der Waals surface area contributed by atoms with E-state index in [1.54, 1.807) is 11.3 Å². The summed E-state index contributed by atoms with van der Waals surface area (Å²) in [6.07, 6.45) is 1.24. The van der Waals surface area contributed by atoms with Crippen molar-refractivity contribution in [2.75, 3.05) is 29.2 Å². The Morgan fingerprint density at radius 3 is 2.71 bits per heavy atom. The standard InChI is InChI=1S/C13H20N4O2S2/c1-5-14-13-16-11(15-8(2)7-21(4,18)19)10-6-9(3)20-12(10)17-13/h6,8H,5,7H2,1-4H3,(H2,14,15,16,17). The summed E-state index contributed by atoms with van der Waals surface area (Å²) < 4.78 is 22.8. The van der Waals surface area contributed by atoms with E-state index in [2.05, 4.69) is 20.6 Å². The van der Waals surface area contributed by atoms with Crippen molar-refractivity contribution in [2.45, 2.75) is 26.8 Å². The minimum absolute atomic E-state index is 0.0676. The second-order valence-corrected chi connectivity index (χ2v) is 8.56. The maximum Gasteiger partial charge on any atom is 0.226 e. The molecule has 0 saturated heterocycles. The maximum atomic E-state index is 11.4. The molecular formula is C13H20N4O2S2. The average molecular weight is 328 g/mol. The van der Waals surface area contributed by atoms with Crippen molar-refractivity contribution in [2.24, 2.45) is 0 Å². The first-order valence-electron chi connectivity index (χ1n) is 6.75. The van der Waals surface area contributed by atoms with Gasteiger partial charge in [-0.1, -0.05) is 0 Å². The number of rotatable bonds is 6. The molecule has 0 aliphatic rings. The zero-order valence-corrected chi connectivity index (χ0v) is 14.2. The average Bonchev–Trinajstić information content (AvgIpc) is 2.67. The van der Waals surface area contributed by atoms with Crippen LogP contribution in [0.2, 0.25) is 0 Å². The van der Waals surface area contributed by atoms with Gasteiger partial charge in [-0.3, -0.25) is 0 Å². The molecule has 0 aliphatic heterocycles. The summed E-state index contributed by atoms with van der Waals surface area (Å²) in [4.78, 5) is 11.0. The number of anilines is 2. The third-order valence-corrected chi connectivity index (χ3v) is 4.84. The van der Waals surface area contributed by atoms with Crippen LogP contribution in [0.3, 0.4) is 0 Å². The second kappa shape index (κ2) is 6.15. The molecule has 0 bridgehead atoms. The van der Waals surface area contributed by atoms with E-state index in [0.717, 1.165) is 21.6 Å². The van der Waals surface area contributed by atoms with Gasteiger partial charge >= 0.3 is 0 Å². The van der Waals surface area contributed by atoms with Gasteiger partial charge in [0.2, 0.25) is 5.95 Å². The van der Waals surface area contributed by atoms with Crippen molar-refractivity contribution in [3.63, 3.8) is 0 Å². The fraction of sp³-hybridized carbons (Fsp3) is 0.538. The smallest absolute Gasteiger partial charge is 0.226 e. The van der Waals surface area contributed by atoms with Gasteiger partial charge in [-0.05, 0) is 26.8 Å². The molecule has 8 heteroatoms. The molecular weight excluding hydrogens is 308 g/mol. The molecule has 2 N–H and O–H groups in total. The molecule has 0 aromatic carbocycles. The lowest BCUT2D eigenvalue weighted by Crippen LogP contribution is -2.25. The molecule has 0 spiro atoms. The zero-order valence-electron chi connectivity index (χ0n) is 12.6. The summed E-state index contributed by atoms with van der Waals surface area (Å²) in [5, 5.41) is 7.22. The predicted molar refractivity (Wildman–Crippen MR) is 89.1 cm³/mol. The third kappa shape index (κ3) is 4.28. The topological polar surface area (TPSA) is 84.0 Å². The molecule has 6 nitrogen and oxygen atoms in total. The van der Waals surface area contributed by atoms with Gasteiger partial charge in [-0.15, -0.1) is 11.3 Å². The van der Waals surface area contributed by atoms with Crippen LogP contribution < -0.4 is 10.6 Å². The van der Waals surface area contributed by atoms with E-state index in [0.29, 0.717) is 11.8 Å². The van der Waals surface area contributed by atoms with E-state index in [-0.39, 0.29) is 11.8 Å². The van der Waals surface area contributed by atoms with Crippen LogP contribution in [0.4, 0.5) is 11.8 Å². The Kier molecular flexibility index (Phi) is 4.67. The van der Waals surface area contributed by atoms with E-state index >= 15 is 0 Å². The molecule has 2 rings (SSSR count). The van der Waals surface area contributed by atoms with Gasteiger partial charge in [0.1, 0.15) is 20.5 Å². The van der Waals surface area contributed by atoms with Crippen LogP contribution in [0, 0.1) is 6.92 Å². The summed E-state index contributed by atoms with van der Waals surface area (Å²) in [5.74, 6) is 1.30. The molecule has 2 aromatic heterocycles. The molecule has 1 atom stereocenters. The van der Waals surface area contributed by atoms with Crippen molar-refractivity contribution in [3.05, 3.63) is 10.9 Å². The molecule has 21 heavy (non-hydrogen) atoms. The Morgan fingerprint density at radius 1 is 1.38 bits per heavy atom. The monoisotopic (exact) mass is 328 g/mol. The molecule has 0 fully saturated rings. The lowest BCUT2D eigenvalue weighted by molar-refractivity contribution is 0.598. The van der Waals surface area contributed by atoms with Crippen molar-refractivity contribution in [1.82, 2.24) is 9.97 Å². The second-order valence-electron chi connectivity index (χ2n) is 5.14. The zero-order chi connectivity index (χ0) is 15.6. The van der Waals surface area contributed by atoms with Crippen molar-refractivity contribution < 1.29 is 8.42 Å². The number of nitrogens with one attached hydrogen (secondary N) is 2. The first-order valence-corrected chi connectivity index (χ1v) is 9.62. The highest BCUT2D eigenvalue weighted by molar-refractivity contribution is 7.90. The largest absolute Gasteiger partial charge is 0.366 e. The molecule has 0 saturated carbocycles. The van der Waals surface area contributed by atoms with E-state index < -0.39 is 9.84 Å². The Morgan fingerprint density at radius 2 is 2.10 bits per heavy atom. The lowest BCUT2D eigenvalue weighted by atomic mass is 10.3. The Bertz CT molecular complexity index is 740. The van der Waals surface area contributed by atoms with Crippen LogP contribution in [-0.4, -0.2) is 43.0 Å². The van der Waals surface area contributed by atoms with Gasteiger partial charge in [-0.2, -0.15) is 4.98 Å². The molecule has 2 aromatic rings. The van der Waals surface area contributed by atoms with Crippen LogP contribution in [-0.2, 0) is 9.84 Å². The molecule has 0 radical (unpaired) electrons. The summed E-state index contributed by atoms with van der Waals surface area (Å²) in [7, 11) is -3.03. The van der Waals surface area contributed by atoms with E-state index in [1.807, 2.05) is 26.8 Å². The Labute approximate surface area is 128 Å². The van der Waals surface area contributed by atoms with E-state index in [9.17, 15) is 8.42 Å². The van der Waals surface area contributed by atoms with Crippen molar-refractivity contribution in [3.8, 4) is 0 Å². The number of hydrogen-bond acceptors (Lipinski definition) is 7. The summed E-state index contributed by atoms with van der Waals surface area (Å²) in [6.45, 7) is 6.56. The van der Waals surface area contributed by atoms with Crippen LogP contribution in [0.1, 0.15) is 18.7 Å². The molecule has 2 heterocycles.